The van der Waals surface area contributed by atoms with Crippen molar-refractivity contribution in [3.05, 3.63) is 42.6 Å². The Hall–Kier alpha value is -4.46. The Kier molecular flexibility index (Phi) is 5.91. The van der Waals surface area contributed by atoms with Crippen molar-refractivity contribution < 1.29 is 32.6 Å². The lowest BCUT2D eigenvalue weighted by molar-refractivity contribution is -0.138. The van der Waals surface area contributed by atoms with Gasteiger partial charge in [0.1, 0.15) is 35.1 Å². The molecule has 0 saturated carbocycles. The Morgan fingerprint density at radius 2 is 1.98 bits per heavy atom. The summed E-state index contributed by atoms with van der Waals surface area (Å²) in [6, 6.07) is 6.11. The highest BCUT2D eigenvalue weighted by Crippen LogP contribution is 2.38. The first kappa shape index (κ1) is 24.6. The zero-order valence-corrected chi connectivity index (χ0v) is 21.0. The number of para-hydroxylation sites is 1. The number of nitrogens with zero attached hydrogens (tertiary/aromatic N) is 7. The van der Waals surface area contributed by atoms with E-state index >= 15 is 0 Å². The Bertz CT molecular complexity index is 1740. The van der Waals surface area contributed by atoms with Crippen molar-refractivity contribution in [2.24, 2.45) is 0 Å². The van der Waals surface area contributed by atoms with Gasteiger partial charge in [0.15, 0.2) is 22.9 Å². The number of hydrogen-bond acceptors (Lipinski definition) is 10. The average molecular weight is 552 g/mol. The molecular formula is C26H23F2N7O5. The molecule has 2 aliphatic heterocycles. The molecule has 0 spiro atoms. The highest BCUT2D eigenvalue weighted by Gasteiger charge is 2.42. The topological polar surface area (TPSA) is 142 Å². The minimum atomic E-state index is -2.96. The number of alkyl halides is 2. The largest absolute Gasteiger partial charge is 0.480 e. The van der Waals surface area contributed by atoms with Crippen molar-refractivity contribution >= 4 is 45.0 Å². The molecule has 14 heteroatoms. The number of carbonyl (C=O) groups is 1. The molecule has 4 aromatic heterocycles. The molecule has 0 radical (unpaired) electrons. The SMILES string of the molecule is O=C(O)[C@@H]1C[C@H](Oc2nc3cncnc3n2C2CCOCC2)CN1c1nc(C(F)F)nc2c1oc1ccccc12. The Balaban J connectivity index is 1.28. The number of anilines is 1. The molecule has 5 aromatic rings. The molecule has 206 valence electrons. The number of carboxylic acids is 1. The van der Waals surface area contributed by atoms with Crippen molar-refractivity contribution in [3.8, 4) is 6.01 Å². The average Bonchev–Trinajstić information content (AvgIpc) is 3.66. The standard InChI is InChI=1S/C26H23F2N7O5/c27-21(28)22-32-19-15-3-1-2-4-18(15)40-20(19)24(33-22)34-11-14(9-17(34)25(36)37)39-26-31-16-10-29-12-30-23(16)35(26)13-5-7-38-8-6-13/h1-4,10,12-14,17,21H,5-9,11H2,(H,36,37)/t14-,17-/m0/s1. The number of fused-ring (bicyclic) bond motifs is 4. The lowest BCUT2D eigenvalue weighted by atomic mass is 10.1. The van der Waals surface area contributed by atoms with E-state index in [1.807, 2.05) is 4.57 Å². The first-order valence-corrected chi connectivity index (χ1v) is 12.9. The van der Waals surface area contributed by atoms with E-state index in [0.717, 1.165) is 12.8 Å². The van der Waals surface area contributed by atoms with Gasteiger partial charge in [-0.15, -0.1) is 0 Å². The fourth-order valence-electron chi connectivity index (χ4n) is 5.57. The van der Waals surface area contributed by atoms with Crippen LogP contribution in [0.5, 0.6) is 6.01 Å². The van der Waals surface area contributed by atoms with Gasteiger partial charge >= 0.3 is 5.97 Å². The predicted molar refractivity (Wildman–Crippen MR) is 136 cm³/mol. The zero-order chi connectivity index (χ0) is 27.4. The fraction of sp³-hybridized carbons (Fsp3) is 0.385. The summed E-state index contributed by atoms with van der Waals surface area (Å²) in [5.41, 5.74) is 1.94. The van der Waals surface area contributed by atoms with Crippen LogP contribution in [-0.2, 0) is 9.53 Å². The van der Waals surface area contributed by atoms with Gasteiger partial charge < -0.3 is 23.9 Å². The number of furan rings is 1. The molecule has 6 heterocycles. The predicted octanol–water partition coefficient (Wildman–Crippen LogP) is 3.92. The summed E-state index contributed by atoms with van der Waals surface area (Å²) in [6.07, 6.45) is 0.966. The summed E-state index contributed by atoms with van der Waals surface area (Å²) in [5, 5.41) is 10.7. The van der Waals surface area contributed by atoms with Crippen molar-refractivity contribution in [2.75, 3.05) is 24.7 Å². The van der Waals surface area contributed by atoms with Crippen LogP contribution >= 0.6 is 0 Å². The smallest absolute Gasteiger partial charge is 0.326 e. The van der Waals surface area contributed by atoms with Crippen molar-refractivity contribution in [1.29, 1.82) is 0 Å². The molecule has 1 aromatic carbocycles. The molecule has 2 fully saturated rings. The first-order valence-electron chi connectivity index (χ1n) is 12.9. The minimum Gasteiger partial charge on any atom is -0.480 e. The van der Waals surface area contributed by atoms with Crippen LogP contribution in [0.4, 0.5) is 14.6 Å². The maximum Gasteiger partial charge on any atom is 0.326 e. The molecule has 0 aliphatic carbocycles. The molecule has 0 unspecified atom stereocenters. The molecule has 1 N–H and O–H groups in total. The van der Waals surface area contributed by atoms with E-state index in [1.165, 1.54) is 11.2 Å². The number of ether oxygens (including phenoxy) is 2. The second-order valence-corrected chi connectivity index (χ2v) is 9.80. The molecular weight excluding hydrogens is 528 g/mol. The van der Waals surface area contributed by atoms with Crippen LogP contribution in [0, 0.1) is 0 Å². The third-order valence-corrected chi connectivity index (χ3v) is 7.39. The van der Waals surface area contributed by atoms with E-state index in [9.17, 15) is 18.7 Å². The van der Waals surface area contributed by atoms with Crippen LogP contribution in [0.15, 0.2) is 41.2 Å². The summed E-state index contributed by atoms with van der Waals surface area (Å²) in [4.78, 5) is 35.0. The van der Waals surface area contributed by atoms with Crippen LogP contribution in [0.3, 0.4) is 0 Å². The van der Waals surface area contributed by atoms with Crippen molar-refractivity contribution in [1.82, 2.24) is 29.5 Å². The molecule has 7 rings (SSSR count). The maximum absolute atomic E-state index is 13.9. The number of carboxylic acid groups (broad SMARTS) is 1. The number of hydrogen-bond donors (Lipinski definition) is 1. The van der Waals surface area contributed by atoms with Crippen LogP contribution < -0.4 is 9.64 Å². The van der Waals surface area contributed by atoms with E-state index in [1.54, 1.807) is 30.5 Å². The van der Waals surface area contributed by atoms with Gasteiger partial charge in [0.05, 0.1) is 12.7 Å². The minimum absolute atomic E-state index is 0.0150. The second kappa shape index (κ2) is 9.62. The Labute approximate surface area is 224 Å². The molecule has 2 atom stereocenters. The van der Waals surface area contributed by atoms with E-state index in [0.29, 0.717) is 41.4 Å². The maximum atomic E-state index is 13.9. The van der Waals surface area contributed by atoms with Gasteiger partial charge in [0.2, 0.25) is 0 Å². The normalized spacial score (nSPS) is 20.3. The van der Waals surface area contributed by atoms with Gasteiger partial charge in [0.25, 0.3) is 12.4 Å². The van der Waals surface area contributed by atoms with Gasteiger partial charge in [-0.25, -0.2) is 33.5 Å². The molecule has 12 nitrogen and oxygen atoms in total. The number of imidazole rings is 1. The number of aromatic nitrogens is 6. The molecule has 0 bridgehead atoms. The fourth-order valence-corrected chi connectivity index (χ4v) is 5.57. The van der Waals surface area contributed by atoms with Crippen LogP contribution in [0.2, 0.25) is 0 Å². The third-order valence-electron chi connectivity index (χ3n) is 7.39. The van der Waals surface area contributed by atoms with E-state index in [2.05, 4.69) is 24.9 Å². The third kappa shape index (κ3) is 4.06. The number of rotatable bonds is 6. The quantitative estimate of drug-likeness (QED) is 0.328. The first-order chi connectivity index (χ1) is 19.5. The zero-order valence-electron chi connectivity index (χ0n) is 21.0. The number of benzene rings is 1. The molecule has 0 amide bonds. The van der Waals surface area contributed by atoms with E-state index in [4.69, 9.17) is 13.9 Å². The summed E-state index contributed by atoms with van der Waals surface area (Å²) >= 11 is 0. The second-order valence-electron chi connectivity index (χ2n) is 9.80. The number of halogens is 2. The molecule has 2 aliphatic rings. The number of aliphatic carboxylic acids is 1. The van der Waals surface area contributed by atoms with E-state index < -0.39 is 30.4 Å². The summed E-state index contributed by atoms with van der Waals surface area (Å²) in [5.74, 6) is -1.86. The summed E-state index contributed by atoms with van der Waals surface area (Å²) in [6.45, 7) is 1.22. The van der Waals surface area contributed by atoms with Gasteiger partial charge in [-0.3, -0.25) is 4.57 Å². The highest BCUT2D eigenvalue weighted by atomic mass is 19.3. The Morgan fingerprint density at radius 1 is 1.15 bits per heavy atom. The lowest BCUT2D eigenvalue weighted by Gasteiger charge is -2.25. The Morgan fingerprint density at radius 3 is 2.77 bits per heavy atom. The van der Waals surface area contributed by atoms with Gasteiger partial charge in [-0.05, 0) is 25.0 Å². The van der Waals surface area contributed by atoms with Crippen LogP contribution in [0.25, 0.3) is 33.2 Å². The molecule has 2 saturated heterocycles. The van der Waals surface area contributed by atoms with Gasteiger partial charge in [-0.2, -0.15) is 4.98 Å². The van der Waals surface area contributed by atoms with Gasteiger partial charge in [-0.1, -0.05) is 12.1 Å². The van der Waals surface area contributed by atoms with Crippen molar-refractivity contribution in [2.45, 2.75) is 43.9 Å². The summed E-state index contributed by atoms with van der Waals surface area (Å²) in [7, 11) is 0. The highest BCUT2D eigenvalue weighted by molar-refractivity contribution is 6.06. The monoisotopic (exact) mass is 551 g/mol. The molecule has 40 heavy (non-hydrogen) atoms. The van der Waals surface area contributed by atoms with Crippen molar-refractivity contribution in [3.63, 3.8) is 0 Å². The van der Waals surface area contributed by atoms with Gasteiger partial charge in [0, 0.05) is 31.1 Å². The van der Waals surface area contributed by atoms with Crippen LogP contribution in [-0.4, -0.2) is 72.5 Å². The van der Waals surface area contributed by atoms with Crippen LogP contribution in [0.1, 0.15) is 37.6 Å². The van der Waals surface area contributed by atoms with E-state index in [-0.39, 0.29) is 35.9 Å². The summed E-state index contributed by atoms with van der Waals surface area (Å²) < 4.78 is 47.5. The lowest BCUT2D eigenvalue weighted by Crippen LogP contribution is -2.37.